The summed E-state index contributed by atoms with van der Waals surface area (Å²) in [4.78, 5) is 52.1. The summed E-state index contributed by atoms with van der Waals surface area (Å²) in [6.07, 6.45) is 11.5. The predicted octanol–water partition coefficient (Wildman–Crippen LogP) is 5.49. The summed E-state index contributed by atoms with van der Waals surface area (Å²) in [6, 6.07) is 0. The summed E-state index contributed by atoms with van der Waals surface area (Å²) >= 11 is 0. The second kappa shape index (κ2) is 43.6. The van der Waals surface area contributed by atoms with Crippen molar-refractivity contribution in [2.45, 2.75) is 65.2 Å². The third-order valence-corrected chi connectivity index (χ3v) is 7.25. The second-order valence-corrected chi connectivity index (χ2v) is 12.9. The second-order valence-electron chi connectivity index (χ2n) is 12.9. The number of methoxy groups -OCH3 is 6. The fourth-order valence-electron chi connectivity index (χ4n) is 4.73. The molecule has 0 saturated carbocycles. The first-order valence-electron chi connectivity index (χ1n) is 18.7. The van der Waals surface area contributed by atoms with Crippen molar-refractivity contribution in [3.8, 4) is 0 Å². The summed E-state index contributed by atoms with van der Waals surface area (Å²) in [5.41, 5.74) is -0.700. The van der Waals surface area contributed by atoms with Crippen molar-refractivity contribution in [1.82, 2.24) is 0 Å². The van der Waals surface area contributed by atoms with E-state index < -0.39 is 0 Å². The molecule has 15 heteroatoms. The molecule has 0 N–H and O–H groups in total. The van der Waals surface area contributed by atoms with E-state index in [9.17, 15) is 24.0 Å². The minimum Gasteiger partial charge on any atom is -0.463 e. The molecule has 0 bridgehead atoms. The zero-order chi connectivity index (χ0) is 44.2. The fraction of sp³-hybridized carbons (Fsp3) is 0.690. The van der Waals surface area contributed by atoms with E-state index in [2.05, 4.69) is 26.3 Å². The van der Waals surface area contributed by atoms with Crippen molar-refractivity contribution in [3.63, 3.8) is 0 Å². The maximum Gasteiger partial charge on any atom is 0.330 e. The van der Waals surface area contributed by atoms with Gasteiger partial charge in [0.25, 0.3) is 0 Å². The molecule has 0 aliphatic carbocycles. The lowest BCUT2D eigenvalue weighted by atomic mass is 9.90. The largest absolute Gasteiger partial charge is 0.463 e. The molecule has 0 amide bonds. The van der Waals surface area contributed by atoms with Crippen molar-refractivity contribution in [3.05, 3.63) is 50.6 Å². The molecule has 0 saturated heterocycles. The number of unbranched alkanes of at least 4 members (excludes halogenated alkanes) is 5. The van der Waals surface area contributed by atoms with Gasteiger partial charge in [0.2, 0.25) is 0 Å². The van der Waals surface area contributed by atoms with Crippen LogP contribution >= 0.6 is 0 Å². The smallest absolute Gasteiger partial charge is 0.330 e. The highest BCUT2D eigenvalue weighted by molar-refractivity contribution is 5.86. The molecule has 0 aromatic carbocycles. The Kier molecular flexibility index (Phi) is 45.9. The Morgan fingerprint density at radius 3 is 0.895 bits per heavy atom. The van der Waals surface area contributed by atoms with E-state index in [-0.39, 0.29) is 40.3 Å². The molecule has 0 atom stereocenters. The van der Waals surface area contributed by atoms with Crippen LogP contribution in [-0.4, -0.2) is 145 Å². The van der Waals surface area contributed by atoms with Crippen molar-refractivity contribution in [2.75, 3.05) is 115 Å². The number of allylic oxidation sites excluding steroid dienone is 1. The van der Waals surface area contributed by atoms with Gasteiger partial charge < -0.3 is 52.2 Å². The quantitative estimate of drug-likeness (QED) is 0.0351. The summed E-state index contributed by atoms with van der Waals surface area (Å²) in [5.74, 6) is -0.931. The third kappa shape index (κ3) is 41.9. The summed E-state index contributed by atoms with van der Waals surface area (Å²) in [7, 11) is 9.95. The number of esters is 3. The van der Waals surface area contributed by atoms with Crippen LogP contribution in [0.25, 0.3) is 0 Å². The zero-order valence-corrected chi connectivity index (χ0v) is 36.2. The van der Waals surface area contributed by atoms with E-state index >= 15 is 0 Å². The minimum absolute atomic E-state index is 0.0185. The number of carbonyl (C=O) groups excluding carboxylic acids is 5. The Morgan fingerprint density at radius 1 is 0.421 bits per heavy atom. The lowest BCUT2D eigenvalue weighted by Crippen LogP contribution is -2.45. The van der Waals surface area contributed by atoms with E-state index in [1.807, 2.05) is 0 Å². The molecule has 0 fully saturated rings. The highest BCUT2D eigenvalue weighted by atomic mass is 16.5. The Balaban J connectivity index is -0.000000361. The van der Waals surface area contributed by atoms with Crippen LogP contribution < -0.4 is 0 Å². The average molecular weight is 819 g/mol. The van der Waals surface area contributed by atoms with E-state index in [1.54, 1.807) is 49.6 Å². The molecule has 0 aliphatic heterocycles. The maximum absolute atomic E-state index is 10.6. The van der Waals surface area contributed by atoms with Crippen molar-refractivity contribution < 1.29 is 71.3 Å². The number of rotatable bonds is 33. The van der Waals surface area contributed by atoms with Crippen LogP contribution in [0.15, 0.2) is 50.6 Å². The Morgan fingerprint density at radius 2 is 0.684 bits per heavy atom. The van der Waals surface area contributed by atoms with E-state index in [1.165, 1.54) is 13.0 Å². The average Bonchev–Trinajstić information content (AvgIpc) is 3.18. The molecule has 15 nitrogen and oxygen atoms in total. The number of ether oxygens (including phenoxy) is 10. The Hall–Kier alpha value is -3.57. The van der Waals surface area contributed by atoms with Gasteiger partial charge in [0, 0.05) is 67.3 Å². The predicted molar refractivity (Wildman–Crippen MR) is 219 cm³/mol. The van der Waals surface area contributed by atoms with Crippen LogP contribution in [0.5, 0.6) is 0 Å². The molecule has 0 radical (unpaired) electrons. The summed E-state index contributed by atoms with van der Waals surface area (Å²) in [5, 5.41) is 0. The first-order valence-corrected chi connectivity index (χ1v) is 18.7. The molecular formula is C42H74O15. The third-order valence-electron chi connectivity index (χ3n) is 7.25. The van der Waals surface area contributed by atoms with Crippen LogP contribution in [0.1, 0.15) is 65.2 Å². The van der Waals surface area contributed by atoms with Gasteiger partial charge in [0.05, 0.1) is 83.5 Å². The zero-order valence-electron chi connectivity index (χ0n) is 36.2. The van der Waals surface area contributed by atoms with Gasteiger partial charge in [-0.25, -0.2) is 14.4 Å². The Bertz CT molecular complexity index is 988. The number of hydrogen-bond acceptors (Lipinski definition) is 15. The summed E-state index contributed by atoms with van der Waals surface area (Å²) < 4.78 is 52.3. The van der Waals surface area contributed by atoms with Gasteiger partial charge >= 0.3 is 17.9 Å². The van der Waals surface area contributed by atoms with Crippen molar-refractivity contribution >= 4 is 29.5 Å². The van der Waals surface area contributed by atoms with Crippen LogP contribution in [-0.2, 0) is 71.3 Å². The maximum atomic E-state index is 10.6. The molecule has 0 rings (SSSR count). The van der Waals surface area contributed by atoms with Crippen LogP contribution in [0, 0.1) is 10.8 Å². The topological polar surface area (TPSA) is 178 Å². The van der Waals surface area contributed by atoms with Crippen molar-refractivity contribution in [2.24, 2.45) is 10.8 Å². The highest BCUT2D eigenvalue weighted by Crippen LogP contribution is 2.24. The first-order chi connectivity index (χ1) is 27.2. The number of carbonyl (C=O) groups is 5. The number of Topliss-reactive ketones (excluding diaryl/α,β-unsaturated/α-hetero) is 1. The molecule has 57 heavy (non-hydrogen) atoms. The van der Waals surface area contributed by atoms with Gasteiger partial charge in [-0.15, -0.1) is 0 Å². The van der Waals surface area contributed by atoms with Gasteiger partial charge in [-0.05, 0) is 64.9 Å². The molecule has 0 unspecified atom stereocenters. The van der Waals surface area contributed by atoms with E-state index in [0.29, 0.717) is 79.1 Å². The van der Waals surface area contributed by atoms with Gasteiger partial charge in [0.15, 0.2) is 5.78 Å². The molecule has 0 aliphatic rings. The molecule has 0 spiro atoms. The van der Waals surface area contributed by atoms with Crippen LogP contribution in [0.3, 0.4) is 0 Å². The summed E-state index contributed by atoms with van der Waals surface area (Å²) in [6.45, 7) is 21.2. The van der Waals surface area contributed by atoms with E-state index in [4.69, 9.17) is 47.4 Å². The number of ketones is 2. The Labute approximate surface area is 342 Å². The van der Waals surface area contributed by atoms with Crippen molar-refractivity contribution in [1.29, 1.82) is 0 Å². The standard InChI is InChI=1S/C16H34O7.C12H18O4.C10H16O3.C4H6O/c1-17-7-15(8-18-2,9-19-3)13-23-14-16(10-20-4,11-21-5)12-22-6;1-3-11(13)15-9-7-5-6-8-10-16-12(14)4-2;1-3-10(12)13-8-6-4-5-7-9(2)11;1-3-4(2)5/h7-14H2,1-6H3;3-4H,1-2,5-10H2;3H,1,4-8H2,2H3;3H,1H2,2H3. The normalized spacial score (nSPS) is 10.5. The van der Waals surface area contributed by atoms with Crippen LogP contribution in [0.2, 0.25) is 0 Å². The molecule has 332 valence electrons. The first kappa shape index (κ1) is 60.1. The molecule has 0 aromatic rings. The van der Waals surface area contributed by atoms with Gasteiger partial charge in [-0.2, -0.15) is 0 Å². The minimum atomic E-state index is -0.389. The van der Waals surface area contributed by atoms with Crippen LogP contribution in [0.4, 0.5) is 0 Å². The lowest BCUT2D eigenvalue weighted by molar-refractivity contribution is -0.139. The number of hydrogen-bond donors (Lipinski definition) is 0. The lowest BCUT2D eigenvalue weighted by Gasteiger charge is -2.35. The SMILES string of the molecule is C=CC(=O)OCCCCCC(C)=O.C=CC(=O)OCCCCCCOC(=O)C=C.C=CC(C)=O.COCC(COC)(COC)COCC(COC)(COC)COC. The van der Waals surface area contributed by atoms with E-state index in [0.717, 1.165) is 63.2 Å². The molecule has 0 aromatic heterocycles. The van der Waals surface area contributed by atoms with Gasteiger partial charge in [-0.3, -0.25) is 4.79 Å². The highest BCUT2D eigenvalue weighted by Gasteiger charge is 2.35. The monoisotopic (exact) mass is 819 g/mol. The molecule has 0 heterocycles. The van der Waals surface area contributed by atoms with Gasteiger partial charge in [-0.1, -0.05) is 26.3 Å². The molecular weight excluding hydrogens is 744 g/mol. The van der Waals surface area contributed by atoms with Gasteiger partial charge in [0.1, 0.15) is 5.78 Å². The fourth-order valence-corrected chi connectivity index (χ4v) is 4.73.